The number of hydrogen-bond acceptors (Lipinski definition) is 4. The fourth-order valence-electron chi connectivity index (χ4n) is 10.1. The van der Waals surface area contributed by atoms with E-state index in [1.165, 1.54) is 20.2 Å². The monoisotopic (exact) mass is 889 g/mol. The van der Waals surface area contributed by atoms with Gasteiger partial charge in [-0.15, -0.1) is 11.3 Å². The number of fused-ring (bicyclic) bond motifs is 7. The molecule has 0 aliphatic heterocycles. The van der Waals surface area contributed by atoms with Gasteiger partial charge in [-0.25, -0.2) is 0 Å². The Morgan fingerprint density at radius 1 is 0.294 bits per heavy atom. The average Bonchev–Trinajstić information content (AvgIpc) is 3.78. The fourth-order valence-corrected chi connectivity index (χ4v) is 11.2. The van der Waals surface area contributed by atoms with Gasteiger partial charge >= 0.3 is 0 Å². The molecule has 0 radical (unpaired) electrons. The number of pyridine rings is 2. The molecule has 6 heteroatoms. The molecule has 0 N–H and O–H groups in total. The Kier molecular flexibility index (Phi) is 9.27. The molecule has 3 aromatic heterocycles. The van der Waals surface area contributed by atoms with E-state index in [2.05, 4.69) is 154 Å². The van der Waals surface area contributed by atoms with Crippen LogP contribution in [0.25, 0.3) is 97.4 Å². The second kappa shape index (κ2) is 15.9. The number of aromatic nitrogens is 2. The van der Waals surface area contributed by atoms with Crippen LogP contribution in [0, 0.1) is 0 Å². The molecule has 13 aromatic rings. The fraction of sp³-hybridized carbons (Fsp3) is 0. The average molecular weight is 890 g/mol. The third kappa shape index (κ3) is 6.45. The molecule has 0 saturated heterocycles. The van der Waals surface area contributed by atoms with E-state index in [-0.39, 0.29) is 10.9 Å². The highest BCUT2D eigenvalue weighted by molar-refractivity contribution is 7.25. The van der Waals surface area contributed by atoms with E-state index in [4.69, 9.17) is 0 Å². The molecule has 0 aliphatic carbocycles. The van der Waals surface area contributed by atoms with Gasteiger partial charge in [-0.3, -0.25) is 9.59 Å². The van der Waals surface area contributed by atoms with Crippen molar-refractivity contribution in [3.63, 3.8) is 0 Å². The minimum absolute atomic E-state index is 0.0459. The second-order valence-electron chi connectivity index (χ2n) is 17.2. The van der Waals surface area contributed by atoms with Crippen LogP contribution >= 0.6 is 11.3 Å². The first-order valence-electron chi connectivity index (χ1n) is 22.7. The molecule has 0 fully saturated rings. The maximum absolute atomic E-state index is 13.6. The van der Waals surface area contributed by atoms with Crippen LogP contribution < -0.4 is 15.8 Å². The number of hydrogen-bond donors (Lipinski definition) is 0. The molecule has 10 aromatic carbocycles. The Balaban J connectivity index is 0.897. The third-order valence-electron chi connectivity index (χ3n) is 13.3. The molecule has 5 nitrogen and oxygen atoms in total. The van der Waals surface area contributed by atoms with Crippen molar-refractivity contribution in [1.29, 1.82) is 0 Å². The summed E-state index contributed by atoms with van der Waals surface area (Å²) in [6, 6.07) is 81.6. The summed E-state index contributed by atoms with van der Waals surface area (Å²) < 4.78 is 6.91. The molecule has 0 bridgehead atoms. The number of rotatable bonds is 7. The molecule has 3 heterocycles. The molecule has 0 saturated carbocycles. The lowest BCUT2D eigenvalue weighted by molar-refractivity contribution is 1.16. The van der Waals surface area contributed by atoms with Gasteiger partial charge in [0.2, 0.25) is 0 Å². The van der Waals surface area contributed by atoms with E-state index in [0.29, 0.717) is 21.5 Å². The SMILES string of the molecule is O=c1c2ccccc2n(-c2cccc(-c3ccc(N(c4ccc(-c5cccc(-n6c7ccccc7c(=O)c7ccccc76)c5)cc4)c4ccc5c(c4)sc4ccccc45)cc3)c2)c2ccccc12. The summed E-state index contributed by atoms with van der Waals surface area (Å²) in [4.78, 5) is 29.4. The smallest absolute Gasteiger partial charge is 0.197 e. The van der Waals surface area contributed by atoms with E-state index in [1.54, 1.807) is 0 Å². The summed E-state index contributed by atoms with van der Waals surface area (Å²) in [5.41, 5.74) is 13.1. The number of nitrogens with zero attached hydrogens (tertiary/aromatic N) is 3. The Bertz CT molecular complexity index is 3920. The molecule has 0 unspecified atom stereocenters. The van der Waals surface area contributed by atoms with Gasteiger partial charge in [0.1, 0.15) is 0 Å². The summed E-state index contributed by atoms with van der Waals surface area (Å²) >= 11 is 1.82. The summed E-state index contributed by atoms with van der Waals surface area (Å²) in [5.74, 6) is 0. The minimum Gasteiger partial charge on any atom is -0.310 e. The Morgan fingerprint density at radius 2 is 0.676 bits per heavy atom. The van der Waals surface area contributed by atoms with Crippen molar-refractivity contribution >= 4 is 92.2 Å². The molecular weight excluding hydrogens is 851 g/mol. The Morgan fingerprint density at radius 3 is 1.13 bits per heavy atom. The second-order valence-corrected chi connectivity index (χ2v) is 18.3. The van der Waals surface area contributed by atoms with Crippen molar-refractivity contribution in [2.75, 3.05) is 4.90 Å². The first kappa shape index (κ1) is 39.5. The zero-order valence-corrected chi connectivity index (χ0v) is 37.4. The summed E-state index contributed by atoms with van der Waals surface area (Å²) in [7, 11) is 0. The molecule has 0 amide bonds. The summed E-state index contributed by atoms with van der Waals surface area (Å²) in [6.45, 7) is 0. The van der Waals surface area contributed by atoms with Gasteiger partial charge in [0, 0.05) is 70.2 Å². The van der Waals surface area contributed by atoms with Crippen molar-refractivity contribution in [3.8, 4) is 33.6 Å². The van der Waals surface area contributed by atoms with Crippen molar-refractivity contribution in [2.24, 2.45) is 0 Å². The molecule has 0 atom stereocenters. The Hall–Kier alpha value is -8.84. The van der Waals surface area contributed by atoms with Crippen LogP contribution in [-0.4, -0.2) is 9.13 Å². The van der Waals surface area contributed by atoms with Crippen LogP contribution in [0.3, 0.4) is 0 Å². The number of para-hydroxylation sites is 4. The predicted octanol–water partition coefficient (Wildman–Crippen LogP) is 15.8. The standard InChI is InChI=1S/C62H39N3O2S/c66-61-51-18-1-6-22-55(51)64(56-23-7-2-19-52(56)61)46-15-11-13-42(37-46)40-27-31-44(32-28-40)63(48-35-36-50-49-17-5-10-26-59(49)68-60(50)39-48)45-33-29-41(30-34-45)43-14-12-16-47(38-43)65-57-24-8-3-20-53(57)62(67)54-21-4-9-25-58(54)65/h1-39H. The quantitative estimate of drug-likeness (QED) is 0.150. The van der Waals surface area contributed by atoms with Crippen molar-refractivity contribution in [3.05, 3.63) is 257 Å². The van der Waals surface area contributed by atoms with Crippen LogP contribution in [0.4, 0.5) is 17.1 Å². The zero-order valence-electron chi connectivity index (χ0n) is 36.6. The van der Waals surface area contributed by atoms with Gasteiger partial charge in [0.05, 0.1) is 22.1 Å². The first-order chi connectivity index (χ1) is 33.6. The van der Waals surface area contributed by atoms with E-state index >= 15 is 0 Å². The van der Waals surface area contributed by atoms with Crippen LogP contribution in [0.1, 0.15) is 0 Å². The zero-order chi connectivity index (χ0) is 45.3. The number of anilines is 3. The normalized spacial score (nSPS) is 11.6. The van der Waals surface area contributed by atoms with Crippen molar-refractivity contribution < 1.29 is 0 Å². The summed E-state index contributed by atoms with van der Waals surface area (Å²) in [6.07, 6.45) is 0. The lowest BCUT2D eigenvalue weighted by Gasteiger charge is -2.26. The molecule has 320 valence electrons. The molecule has 13 rings (SSSR count). The molecule has 0 spiro atoms. The van der Waals surface area contributed by atoms with Crippen molar-refractivity contribution in [2.45, 2.75) is 0 Å². The number of benzene rings is 10. The van der Waals surface area contributed by atoms with E-state index in [1.807, 2.05) is 108 Å². The van der Waals surface area contributed by atoms with Gasteiger partial charge in [-0.05, 0) is 138 Å². The van der Waals surface area contributed by atoms with Gasteiger partial charge in [0.15, 0.2) is 10.9 Å². The Labute approximate surface area is 394 Å². The first-order valence-corrected chi connectivity index (χ1v) is 23.6. The van der Waals surface area contributed by atoms with Gasteiger partial charge < -0.3 is 14.0 Å². The topological polar surface area (TPSA) is 47.2 Å². The minimum atomic E-state index is 0.0459. The van der Waals surface area contributed by atoms with Crippen LogP contribution in [0.2, 0.25) is 0 Å². The maximum atomic E-state index is 13.6. The van der Waals surface area contributed by atoms with E-state index < -0.39 is 0 Å². The van der Waals surface area contributed by atoms with Gasteiger partial charge in [-0.2, -0.15) is 0 Å². The van der Waals surface area contributed by atoms with Crippen molar-refractivity contribution in [1.82, 2.24) is 9.13 Å². The highest BCUT2D eigenvalue weighted by atomic mass is 32.1. The van der Waals surface area contributed by atoms with Crippen LogP contribution in [-0.2, 0) is 0 Å². The van der Waals surface area contributed by atoms with Crippen LogP contribution in [0.5, 0.6) is 0 Å². The predicted molar refractivity (Wildman–Crippen MR) is 286 cm³/mol. The highest BCUT2D eigenvalue weighted by Gasteiger charge is 2.18. The van der Waals surface area contributed by atoms with Gasteiger partial charge in [-0.1, -0.05) is 121 Å². The largest absolute Gasteiger partial charge is 0.310 e. The van der Waals surface area contributed by atoms with Gasteiger partial charge in [0.25, 0.3) is 0 Å². The summed E-state index contributed by atoms with van der Waals surface area (Å²) in [5, 5.41) is 5.33. The lowest BCUT2D eigenvalue weighted by atomic mass is 10.0. The molecular formula is C62H39N3O2S. The number of thiophene rings is 1. The van der Waals surface area contributed by atoms with Crippen LogP contribution in [0.15, 0.2) is 246 Å². The highest BCUT2D eigenvalue weighted by Crippen LogP contribution is 2.42. The van der Waals surface area contributed by atoms with E-state index in [9.17, 15) is 9.59 Å². The van der Waals surface area contributed by atoms with E-state index in [0.717, 1.165) is 72.8 Å². The third-order valence-corrected chi connectivity index (χ3v) is 14.4. The molecule has 68 heavy (non-hydrogen) atoms. The molecule has 0 aliphatic rings. The lowest BCUT2D eigenvalue weighted by Crippen LogP contribution is -2.10. The maximum Gasteiger partial charge on any atom is 0.197 e.